The van der Waals surface area contributed by atoms with Crippen molar-refractivity contribution in [1.82, 2.24) is 24.5 Å². The van der Waals surface area contributed by atoms with Gasteiger partial charge in [-0.25, -0.2) is 13.8 Å². The van der Waals surface area contributed by atoms with Crippen molar-refractivity contribution in [3.8, 4) is 28.4 Å². The van der Waals surface area contributed by atoms with Crippen molar-refractivity contribution in [1.29, 1.82) is 0 Å². The van der Waals surface area contributed by atoms with Gasteiger partial charge >= 0.3 is 0 Å². The Bertz CT molecular complexity index is 1540. The van der Waals surface area contributed by atoms with E-state index >= 15 is 0 Å². The lowest BCUT2D eigenvalue weighted by Gasteiger charge is -2.12. The molecule has 0 unspecified atom stereocenters. The van der Waals surface area contributed by atoms with Gasteiger partial charge < -0.3 is 9.84 Å². The molecule has 0 amide bonds. The third-order valence-corrected chi connectivity index (χ3v) is 5.06. The maximum atomic E-state index is 13.6. The lowest BCUT2D eigenvalue weighted by molar-refractivity contribution is 0.0798. The Balaban J connectivity index is 1.75. The first-order chi connectivity index (χ1) is 15.9. The first kappa shape index (κ1) is 20.6. The van der Waals surface area contributed by atoms with E-state index in [0.717, 1.165) is 10.9 Å². The van der Waals surface area contributed by atoms with Gasteiger partial charge in [-0.2, -0.15) is 14.9 Å². The van der Waals surface area contributed by atoms with Crippen LogP contribution in [0, 0.1) is 0 Å². The number of phenols is 1. The number of alkyl halides is 2. The van der Waals surface area contributed by atoms with E-state index in [1.165, 1.54) is 22.9 Å². The Morgan fingerprint density at radius 3 is 2.55 bits per heavy atom. The molecule has 0 saturated heterocycles. The molecule has 33 heavy (non-hydrogen) atoms. The van der Waals surface area contributed by atoms with Crippen molar-refractivity contribution < 1.29 is 18.6 Å². The van der Waals surface area contributed by atoms with Gasteiger partial charge in [-0.15, -0.1) is 0 Å². The van der Waals surface area contributed by atoms with Crippen LogP contribution in [0.1, 0.15) is 0 Å². The summed E-state index contributed by atoms with van der Waals surface area (Å²) in [6.07, 6.45) is -0.826. The van der Waals surface area contributed by atoms with E-state index in [4.69, 9.17) is 4.74 Å². The quantitative estimate of drug-likeness (QED) is 0.440. The molecule has 3 aromatic heterocycles. The van der Waals surface area contributed by atoms with Crippen LogP contribution in [0.3, 0.4) is 0 Å². The average molecular weight is 449 g/mol. The largest absolute Gasteiger partial charge is 0.508 e. The van der Waals surface area contributed by atoms with Crippen LogP contribution in [0.5, 0.6) is 11.6 Å². The van der Waals surface area contributed by atoms with E-state index in [1.807, 2.05) is 13.2 Å². The van der Waals surface area contributed by atoms with Gasteiger partial charge in [0.25, 0.3) is 12.0 Å². The summed E-state index contributed by atoms with van der Waals surface area (Å²) in [6.45, 7) is -0.817. The van der Waals surface area contributed by atoms with Crippen molar-refractivity contribution in [3.05, 3.63) is 71.1 Å². The van der Waals surface area contributed by atoms with E-state index in [0.29, 0.717) is 16.8 Å². The smallest absolute Gasteiger partial charge is 0.281 e. The molecule has 0 bridgehead atoms. The van der Waals surface area contributed by atoms with Gasteiger partial charge in [0.15, 0.2) is 6.61 Å². The Morgan fingerprint density at radius 2 is 1.79 bits per heavy atom. The summed E-state index contributed by atoms with van der Waals surface area (Å²) < 4.78 is 33.2. The number of aryl methyl sites for hydroxylation is 1. The molecule has 1 N–H and O–H groups in total. The van der Waals surface area contributed by atoms with E-state index in [9.17, 15) is 18.7 Å². The third-order valence-electron chi connectivity index (χ3n) is 5.06. The molecule has 0 spiro atoms. The number of pyridine rings is 1. The number of fused-ring (bicyclic) bond motifs is 2. The predicted octanol–water partition coefficient (Wildman–Crippen LogP) is 3.68. The molecule has 0 radical (unpaired) electrons. The third kappa shape index (κ3) is 3.86. The fraction of sp³-hybridized carbons (Fsp3) is 0.130. The van der Waals surface area contributed by atoms with Gasteiger partial charge in [-0.3, -0.25) is 9.48 Å². The predicted molar refractivity (Wildman–Crippen MR) is 118 cm³/mol. The fourth-order valence-electron chi connectivity index (χ4n) is 3.62. The van der Waals surface area contributed by atoms with Crippen molar-refractivity contribution >= 4 is 21.9 Å². The molecular formula is C23H17F2N5O3. The molecule has 0 fully saturated rings. The average Bonchev–Trinajstić information content (AvgIpc) is 3.17. The highest BCUT2D eigenvalue weighted by atomic mass is 19.3. The van der Waals surface area contributed by atoms with Crippen LogP contribution in [0.25, 0.3) is 38.8 Å². The molecule has 8 nitrogen and oxygen atoms in total. The molecule has 0 saturated carbocycles. The van der Waals surface area contributed by atoms with Gasteiger partial charge in [-0.05, 0) is 42.0 Å². The number of phenolic OH excluding ortho intramolecular Hbond substituents is 1. The summed E-state index contributed by atoms with van der Waals surface area (Å²) in [5.41, 5.74) is 2.10. The van der Waals surface area contributed by atoms with E-state index in [-0.39, 0.29) is 22.7 Å². The highest BCUT2D eigenvalue weighted by Crippen LogP contribution is 2.27. The first-order valence-electron chi connectivity index (χ1n) is 9.97. The van der Waals surface area contributed by atoms with Crippen LogP contribution >= 0.6 is 0 Å². The number of hydrogen-bond donors (Lipinski definition) is 1. The van der Waals surface area contributed by atoms with Crippen LogP contribution in [0.15, 0.2) is 65.6 Å². The number of halogens is 2. The highest BCUT2D eigenvalue weighted by molar-refractivity contribution is 5.91. The van der Waals surface area contributed by atoms with Crippen molar-refractivity contribution in [3.63, 3.8) is 0 Å². The van der Waals surface area contributed by atoms with Crippen LogP contribution in [0.4, 0.5) is 8.78 Å². The van der Waals surface area contributed by atoms with Crippen molar-refractivity contribution in [2.24, 2.45) is 7.05 Å². The monoisotopic (exact) mass is 449 g/mol. The molecule has 5 aromatic rings. The summed E-state index contributed by atoms with van der Waals surface area (Å²) in [4.78, 5) is 17.9. The minimum atomic E-state index is -2.66. The zero-order valence-electron chi connectivity index (χ0n) is 17.3. The first-order valence-corrected chi connectivity index (χ1v) is 9.97. The molecule has 0 aliphatic rings. The molecule has 5 rings (SSSR count). The lowest BCUT2D eigenvalue weighted by atomic mass is 10.1. The Kier molecular flexibility index (Phi) is 4.97. The molecule has 3 heterocycles. The number of hydrogen-bond acceptors (Lipinski definition) is 6. The second-order valence-corrected chi connectivity index (χ2v) is 7.40. The van der Waals surface area contributed by atoms with E-state index < -0.39 is 18.6 Å². The zero-order chi connectivity index (χ0) is 23.1. The van der Waals surface area contributed by atoms with Gasteiger partial charge in [-0.1, -0.05) is 12.1 Å². The molecule has 2 aromatic carbocycles. The van der Waals surface area contributed by atoms with Gasteiger partial charge in [0, 0.05) is 24.7 Å². The van der Waals surface area contributed by atoms with Crippen molar-refractivity contribution in [2.45, 2.75) is 6.43 Å². The molecule has 0 aliphatic carbocycles. The zero-order valence-corrected chi connectivity index (χ0v) is 17.3. The Morgan fingerprint density at radius 1 is 1.03 bits per heavy atom. The van der Waals surface area contributed by atoms with E-state index in [2.05, 4.69) is 15.2 Å². The van der Waals surface area contributed by atoms with Crippen LogP contribution in [-0.4, -0.2) is 42.7 Å². The number of rotatable bonds is 5. The summed E-state index contributed by atoms with van der Waals surface area (Å²) in [7, 11) is 1.81. The lowest BCUT2D eigenvalue weighted by Crippen LogP contribution is -2.23. The minimum Gasteiger partial charge on any atom is -0.508 e. The Labute approximate surface area is 185 Å². The SMILES string of the molecule is Cn1cc2cc(-n3nc4ccc(OCC(F)F)nc4c(-c4ccc(O)cc4)c3=O)ccc2n1. The number of aromatic nitrogens is 5. The standard InChI is InChI=1S/C23H17F2N5O3/c1-29-11-14-10-15(4-7-17(14)27-29)30-23(32)21(13-2-5-16(31)6-3-13)22-18(28-30)8-9-20(26-22)33-12-19(24)25/h2-11,19,31H,12H2,1H3. The van der Waals surface area contributed by atoms with Gasteiger partial charge in [0.2, 0.25) is 5.88 Å². The van der Waals surface area contributed by atoms with Crippen LogP contribution in [-0.2, 0) is 7.05 Å². The Hall–Kier alpha value is -4.34. The normalized spacial score (nSPS) is 11.5. The van der Waals surface area contributed by atoms with E-state index in [1.54, 1.807) is 41.1 Å². The topological polar surface area (TPSA) is 95.1 Å². The second kappa shape index (κ2) is 7.97. The summed E-state index contributed by atoms with van der Waals surface area (Å²) in [5, 5.41) is 19.3. The fourth-order valence-corrected chi connectivity index (χ4v) is 3.62. The van der Waals surface area contributed by atoms with Crippen molar-refractivity contribution in [2.75, 3.05) is 6.61 Å². The highest BCUT2D eigenvalue weighted by Gasteiger charge is 2.18. The molecule has 0 aliphatic heterocycles. The summed E-state index contributed by atoms with van der Waals surface area (Å²) >= 11 is 0. The minimum absolute atomic E-state index is 0.0355. The second-order valence-electron chi connectivity index (χ2n) is 7.40. The van der Waals surface area contributed by atoms with Gasteiger partial charge in [0.05, 0.1) is 16.8 Å². The van der Waals surface area contributed by atoms with Gasteiger partial charge in [0.1, 0.15) is 16.8 Å². The molecular weight excluding hydrogens is 432 g/mol. The summed E-state index contributed by atoms with van der Waals surface area (Å²) in [5.74, 6) is -0.00746. The number of benzene rings is 2. The number of aromatic hydroxyl groups is 1. The summed E-state index contributed by atoms with van der Waals surface area (Å²) in [6, 6.07) is 14.4. The maximum Gasteiger partial charge on any atom is 0.281 e. The molecule has 166 valence electrons. The molecule has 10 heteroatoms. The number of nitrogens with zero attached hydrogens (tertiary/aromatic N) is 5. The maximum absolute atomic E-state index is 13.6. The van der Waals surface area contributed by atoms with Crippen LogP contribution in [0.2, 0.25) is 0 Å². The number of ether oxygens (including phenoxy) is 1. The molecule has 0 atom stereocenters. The van der Waals surface area contributed by atoms with Crippen LogP contribution < -0.4 is 10.3 Å².